The highest BCUT2D eigenvalue weighted by Crippen LogP contribution is 2.43. The van der Waals surface area contributed by atoms with Gasteiger partial charge < -0.3 is 24.6 Å². The molecule has 0 saturated carbocycles. The summed E-state index contributed by atoms with van der Waals surface area (Å²) in [5.41, 5.74) is 0.498. The van der Waals surface area contributed by atoms with Gasteiger partial charge in [0.05, 0.1) is 26.7 Å². The minimum atomic E-state index is -0.991. The summed E-state index contributed by atoms with van der Waals surface area (Å²) in [5, 5.41) is 12.1. The van der Waals surface area contributed by atoms with Crippen molar-refractivity contribution in [1.29, 1.82) is 0 Å². The van der Waals surface area contributed by atoms with Crippen LogP contribution in [0.15, 0.2) is 12.4 Å². The molecule has 0 aliphatic heterocycles. The van der Waals surface area contributed by atoms with Gasteiger partial charge in [0.25, 0.3) is 0 Å². The largest absolute Gasteiger partial charge is 0.493 e. The van der Waals surface area contributed by atoms with Crippen molar-refractivity contribution >= 4 is 22.7 Å². The Balaban J connectivity index is 2.66. The average Bonchev–Trinajstić information content (AvgIpc) is 2.50. The van der Waals surface area contributed by atoms with Crippen molar-refractivity contribution in [3.05, 3.63) is 12.4 Å². The van der Waals surface area contributed by atoms with E-state index in [4.69, 9.17) is 19.3 Å². The summed E-state index contributed by atoms with van der Waals surface area (Å²) in [4.78, 5) is 18.9. The molecule has 0 fully saturated rings. The maximum atomic E-state index is 10.7. The molecule has 21 heavy (non-hydrogen) atoms. The number of hydrogen-bond donors (Lipinski definition) is 2. The van der Waals surface area contributed by atoms with Gasteiger partial charge in [0, 0.05) is 0 Å². The first-order chi connectivity index (χ1) is 10.1. The molecule has 0 atom stereocenters. The zero-order chi connectivity index (χ0) is 15.4. The van der Waals surface area contributed by atoms with Gasteiger partial charge in [-0.25, -0.2) is 9.97 Å². The van der Waals surface area contributed by atoms with E-state index in [1.54, 1.807) is 6.07 Å². The van der Waals surface area contributed by atoms with Crippen LogP contribution >= 0.6 is 0 Å². The fourth-order valence-electron chi connectivity index (χ4n) is 1.96. The van der Waals surface area contributed by atoms with Gasteiger partial charge >= 0.3 is 5.97 Å². The summed E-state index contributed by atoms with van der Waals surface area (Å²) in [6.07, 6.45) is 1.32. The Bertz CT molecular complexity index is 674. The Kier molecular flexibility index (Phi) is 4.27. The Morgan fingerprint density at radius 3 is 2.48 bits per heavy atom. The standard InChI is InChI=1S/C13H15N3O5/c1-19-8-4-7-10(12(21-3)11(8)20-2)15-6-16-13(7)14-5-9(17)18/h4,6H,5H2,1-3H3,(H,17,18)(H,14,15,16). The number of aromatic nitrogens is 2. The molecule has 1 heterocycles. The molecule has 8 nitrogen and oxygen atoms in total. The lowest BCUT2D eigenvalue weighted by Crippen LogP contribution is -2.13. The van der Waals surface area contributed by atoms with Crippen molar-refractivity contribution in [3.8, 4) is 17.2 Å². The number of rotatable bonds is 6. The lowest BCUT2D eigenvalue weighted by atomic mass is 10.2. The van der Waals surface area contributed by atoms with Crippen LogP contribution in [-0.2, 0) is 4.79 Å². The van der Waals surface area contributed by atoms with Crippen molar-refractivity contribution in [2.45, 2.75) is 0 Å². The van der Waals surface area contributed by atoms with Crippen molar-refractivity contribution in [2.24, 2.45) is 0 Å². The third kappa shape index (κ3) is 2.73. The van der Waals surface area contributed by atoms with Crippen LogP contribution in [0.25, 0.3) is 10.9 Å². The molecule has 0 saturated heterocycles. The Hall–Kier alpha value is -2.77. The number of anilines is 1. The van der Waals surface area contributed by atoms with Gasteiger partial charge in [0.1, 0.15) is 24.2 Å². The van der Waals surface area contributed by atoms with Gasteiger partial charge in [-0.15, -0.1) is 0 Å². The van der Waals surface area contributed by atoms with E-state index in [0.717, 1.165) is 0 Å². The van der Waals surface area contributed by atoms with Gasteiger partial charge in [-0.3, -0.25) is 4.79 Å². The fraction of sp³-hybridized carbons (Fsp3) is 0.308. The molecule has 0 aliphatic carbocycles. The molecule has 2 rings (SSSR count). The van der Waals surface area contributed by atoms with Crippen LogP contribution in [0.2, 0.25) is 0 Å². The quantitative estimate of drug-likeness (QED) is 0.817. The maximum absolute atomic E-state index is 10.7. The van der Waals surface area contributed by atoms with Gasteiger partial charge in [0.15, 0.2) is 11.5 Å². The number of carboxylic acids is 1. The molecule has 0 spiro atoms. The van der Waals surface area contributed by atoms with E-state index in [9.17, 15) is 4.79 Å². The average molecular weight is 293 g/mol. The molecule has 112 valence electrons. The van der Waals surface area contributed by atoms with Crippen molar-refractivity contribution in [1.82, 2.24) is 9.97 Å². The van der Waals surface area contributed by atoms with E-state index in [2.05, 4.69) is 15.3 Å². The summed E-state index contributed by atoms with van der Waals surface area (Å²) in [5.74, 6) is 0.633. The smallest absolute Gasteiger partial charge is 0.322 e. The number of carbonyl (C=O) groups is 1. The summed E-state index contributed by atoms with van der Waals surface area (Å²) < 4.78 is 15.9. The second-order valence-electron chi connectivity index (χ2n) is 4.01. The number of fused-ring (bicyclic) bond motifs is 1. The predicted octanol–water partition coefficient (Wildman–Crippen LogP) is 1.15. The lowest BCUT2D eigenvalue weighted by molar-refractivity contribution is -0.134. The molecule has 8 heteroatoms. The maximum Gasteiger partial charge on any atom is 0.322 e. The minimum absolute atomic E-state index is 0.261. The third-order valence-electron chi connectivity index (χ3n) is 2.84. The summed E-state index contributed by atoms with van der Waals surface area (Å²) >= 11 is 0. The summed E-state index contributed by atoms with van der Waals surface area (Å²) in [6.45, 7) is -0.261. The second kappa shape index (κ2) is 6.12. The molecule has 0 bridgehead atoms. The van der Waals surface area contributed by atoms with E-state index < -0.39 is 5.97 Å². The number of carboxylic acid groups (broad SMARTS) is 1. The number of hydrogen-bond acceptors (Lipinski definition) is 7. The van der Waals surface area contributed by atoms with Crippen LogP contribution in [-0.4, -0.2) is 48.9 Å². The zero-order valence-electron chi connectivity index (χ0n) is 11.8. The van der Waals surface area contributed by atoms with E-state index in [1.165, 1.54) is 27.7 Å². The second-order valence-corrected chi connectivity index (χ2v) is 4.01. The van der Waals surface area contributed by atoms with Crippen LogP contribution in [0.3, 0.4) is 0 Å². The van der Waals surface area contributed by atoms with Crippen molar-refractivity contribution in [2.75, 3.05) is 33.2 Å². The number of nitrogens with one attached hydrogen (secondary N) is 1. The highest BCUT2D eigenvalue weighted by molar-refractivity contribution is 5.97. The summed E-state index contributed by atoms with van der Waals surface area (Å²) in [6, 6.07) is 1.67. The SMILES string of the molecule is COc1cc2c(NCC(=O)O)ncnc2c(OC)c1OC. The molecule has 1 aromatic heterocycles. The molecule has 0 amide bonds. The number of benzene rings is 1. The number of aliphatic carboxylic acids is 1. The third-order valence-corrected chi connectivity index (χ3v) is 2.84. The Morgan fingerprint density at radius 1 is 1.19 bits per heavy atom. The molecular formula is C13H15N3O5. The van der Waals surface area contributed by atoms with E-state index in [0.29, 0.717) is 34.0 Å². The van der Waals surface area contributed by atoms with Crippen LogP contribution < -0.4 is 19.5 Å². The molecule has 0 aliphatic rings. The molecule has 2 N–H and O–H groups in total. The topological polar surface area (TPSA) is 103 Å². The van der Waals surface area contributed by atoms with E-state index >= 15 is 0 Å². The van der Waals surface area contributed by atoms with Crippen molar-refractivity contribution < 1.29 is 24.1 Å². The first-order valence-corrected chi connectivity index (χ1v) is 6.01. The Labute approximate surface area is 120 Å². The molecule has 1 aromatic carbocycles. The van der Waals surface area contributed by atoms with Crippen LogP contribution in [0.1, 0.15) is 0 Å². The normalized spacial score (nSPS) is 10.2. The van der Waals surface area contributed by atoms with Crippen LogP contribution in [0, 0.1) is 0 Å². The highest BCUT2D eigenvalue weighted by atomic mass is 16.5. The minimum Gasteiger partial charge on any atom is -0.493 e. The van der Waals surface area contributed by atoms with E-state index in [-0.39, 0.29) is 6.54 Å². The summed E-state index contributed by atoms with van der Waals surface area (Å²) in [7, 11) is 4.48. The first kappa shape index (κ1) is 14.6. The van der Waals surface area contributed by atoms with Gasteiger partial charge in [-0.05, 0) is 6.07 Å². The molecule has 2 aromatic rings. The fourth-order valence-corrected chi connectivity index (χ4v) is 1.96. The van der Waals surface area contributed by atoms with Gasteiger partial charge in [-0.1, -0.05) is 0 Å². The predicted molar refractivity (Wildman–Crippen MR) is 75.3 cm³/mol. The van der Waals surface area contributed by atoms with Crippen LogP contribution in [0.4, 0.5) is 5.82 Å². The Morgan fingerprint density at radius 2 is 1.90 bits per heavy atom. The zero-order valence-corrected chi connectivity index (χ0v) is 11.8. The van der Waals surface area contributed by atoms with E-state index in [1.807, 2.05) is 0 Å². The molecular weight excluding hydrogens is 278 g/mol. The monoisotopic (exact) mass is 293 g/mol. The molecule has 0 unspecified atom stereocenters. The number of nitrogens with zero attached hydrogens (tertiary/aromatic N) is 2. The van der Waals surface area contributed by atoms with Crippen molar-refractivity contribution in [3.63, 3.8) is 0 Å². The van der Waals surface area contributed by atoms with Gasteiger partial charge in [0.2, 0.25) is 5.75 Å². The lowest BCUT2D eigenvalue weighted by Gasteiger charge is -2.15. The number of methoxy groups -OCH3 is 3. The van der Waals surface area contributed by atoms with Crippen LogP contribution in [0.5, 0.6) is 17.2 Å². The highest BCUT2D eigenvalue weighted by Gasteiger charge is 2.19. The number of ether oxygens (including phenoxy) is 3. The first-order valence-electron chi connectivity index (χ1n) is 6.01. The van der Waals surface area contributed by atoms with Gasteiger partial charge in [-0.2, -0.15) is 0 Å². The molecule has 0 radical (unpaired) electrons.